The molecule has 0 atom stereocenters. The molecular weight excluding hydrogens is 433 g/mol. The Hall–Kier alpha value is -3.97. The van der Waals surface area contributed by atoms with E-state index in [1.54, 1.807) is 42.5 Å². The fourth-order valence-electron chi connectivity index (χ4n) is 3.06. The number of benzene rings is 2. The van der Waals surface area contributed by atoms with Crippen LogP contribution >= 0.6 is 23.2 Å². The second-order valence-corrected chi connectivity index (χ2v) is 7.23. The summed E-state index contributed by atoms with van der Waals surface area (Å²) in [5.41, 5.74) is 7.86. The Kier molecular flexibility index (Phi) is 5.51. The molecule has 0 bridgehead atoms. The number of hydrogen-bond acceptors (Lipinski definition) is 5. The highest BCUT2D eigenvalue weighted by Crippen LogP contribution is 2.35. The van der Waals surface area contributed by atoms with Gasteiger partial charge in [-0.2, -0.15) is 15.6 Å². The number of nitrogens with zero attached hydrogens (tertiary/aromatic N) is 4. The van der Waals surface area contributed by atoms with E-state index in [0.717, 1.165) is 0 Å². The van der Waals surface area contributed by atoms with Gasteiger partial charge in [-0.3, -0.25) is 0 Å². The van der Waals surface area contributed by atoms with Gasteiger partial charge in [0.2, 0.25) is 0 Å². The molecule has 2 heterocycles. The summed E-state index contributed by atoms with van der Waals surface area (Å²) in [5, 5.41) is 24.5. The van der Waals surface area contributed by atoms with Crippen molar-refractivity contribution in [3.05, 3.63) is 87.7 Å². The van der Waals surface area contributed by atoms with Gasteiger partial charge in [-0.1, -0.05) is 47.5 Å². The van der Waals surface area contributed by atoms with Crippen LogP contribution in [0.5, 0.6) is 0 Å². The number of rotatable bonds is 4. The number of furan rings is 1. The molecule has 0 aliphatic carbocycles. The highest BCUT2D eigenvalue weighted by molar-refractivity contribution is 6.43. The molecular formula is C23H13Cl2N5O. The lowest BCUT2D eigenvalue weighted by Crippen LogP contribution is -2.02. The van der Waals surface area contributed by atoms with E-state index in [-0.39, 0.29) is 22.6 Å². The summed E-state index contributed by atoms with van der Waals surface area (Å²) >= 11 is 12.3. The molecule has 0 saturated carbocycles. The van der Waals surface area contributed by atoms with Crippen molar-refractivity contribution in [2.24, 2.45) is 0 Å². The third kappa shape index (κ3) is 3.78. The number of nitrogens with two attached hydrogens (primary N) is 1. The van der Waals surface area contributed by atoms with Gasteiger partial charge >= 0.3 is 0 Å². The molecule has 0 spiro atoms. The van der Waals surface area contributed by atoms with E-state index in [4.69, 9.17) is 33.4 Å². The van der Waals surface area contributed by atoms with Crippen LogP contribution in [0.15, 0.2) is 65.1 Å². The molecule has 150 valence electrons. The molecule has 8 heteroatoms. The third-order valence-corrected chi connectivity index (χ3v) is 5.36. The average Bonchev–Trinajstić information content (AvgIpc) is 3.38. The molecule has 0 fully saturated rings. The van der Waals surface area contributed by atoms with Crippen molar-refractivity contribution in [2.75, 3.05) is 5.73 Å². The van der Waals surface area contributed by atoms with Gasteiger partial charge in [0.05, 0.1) is 21.3 Å². The van der Waals surface area contributed by atoms with Gasteiger partial charge in [-0.05, 0) is 36.4 Å². The molecule has 2 N–H and O–H groups in total. The van der Waals surface area contributed by atoms with Crippen LogP contribution in [-0.4, -0.2) is 9.78 Å². The average molecular weight is 446 g/mol. The molecule has 6 nitrogen and oxygen atoms in total. The Morgan fingerprint density at radius 1 is 1.03 bits per heavy atom. The minimum Gasteiger partial charge on any atom is -0.457 e. The van der Waals surface area contributed by atoms with E-state index >= 15 is 0 Å². The van der Waals surface area contributed by atoms with Crippen molar-refractivity contribution in [1.29, 1.82) is 10.5 Å². The molecule has 0 aliphatic heterocycles. The summed E-state index contributed by atoms with van der Waals surface area (Å²) < 4.78 is 7.26. The van der Waals surface area contributed by atoms with Gasteiger partial charge in [-0.25, -0.2) is 4.68 Å². The molecule has 4 rings (SSSR count). The summed E-state index contributed by atoms with van der Waals surface area (Å²) in [4.78, 5) is 0. The predicted molar refractivity (Wildman–Crippen MR) is 120 cm³/mol. The second-order valence-electron chi connectivity index (χ2n) is 6.44. The smallest absolute Gasteiger partial charge is 0.145 e. The normalized spacial score (nSPS) is 11.2. The van der Waals surface area contributed by atoms with E-state index in [1.165, 1.54) is 10.8 Å². The predicted octanol–water partition coefficient (Wildman–Crippen LogP) is 5.96. The molecule has 31 heavy (non-hydrogen) atoms. The standard InChI is InChI=1S/C23H13Cl2N5O/c24-19-8-4-7-17(21(19)25)20-10-9-16(31-20)11-14(12-26)22-18(13-27)23(28)30(29-22)15-5-2-1-3-6-15/h1-11H,28H2. The van der Waals surface area contributed by atoms with Gasteiger partial charge in [0.1, 0.15) is 40.7 Å². The summed E-state index contributed by atoms with van der Waals surface area (Å²) in [6.07, 6.45) is 1.50. The van der Waals surface area contributed by atoms with Crippen molar-refractivity contribution in [3.63, 3.8) is 0 Å². The van der Waals surface area contributed by atoms with Crippen molar-refractivity contribution in [2.45, 2.75) is 0 Å². The molecule has 2 aromatic heterocycles. The number of nitriles is 2. The van der Waals surface area contributed by atoms with Crippen LogP contribution in [0.4, 0.5) is 5.82 Å². The SMILES string of the molecule is N#CC(=Cc1ccc(-c2cccc(Cl)c2Cl)o1)c1nn(-c2ccccc2)c(N)c1C#N. The van der Waals surface area contributed by atoms with Gasteiger partial charge in [0.25, 0.3) is 0 Å². The van der Waals surface area contributed by atoms with E-state index in [2.05, 4.69) is 11.2 Å². The monoisotopic (exact) mass is 445 g/mol. The highest BCUT2D eigenvalue weighted by atomic mass is 35.5. The number of nitrogen functional groups attached to an aromatic ring is 1. The molecule has 0 radical (unpaired) electrons. The molecule has 0 amide bonds. The van der Waals surface area contributed by atoms with Crippen LogP contribution in [0.2, 0.25) is 10.0 Å². The number of aromatic nitrogens is 2. The zero-order valence-corrected chi connectivity index (χ0v) is 17.4. The van der Waals surface area contributed by atoms with Crippen LogP contribution in [0.25, 0.3) is 28.7 Å². The lowest BCUT2D eigenvalue weighted by Gasteiger charge is -2.02. The maximum absolute atomic E-state index is 9.74. The first-order valence-electron chi connectivity index (χ1n) is 9.04. The largest absolute Gasteiger partial charge is 0.457 e. The first kappa shape index (κ1) is 20.3. The number of allylic oxidation sites excluding steroid dienone is 1. The lowest BCUT2D eigenvalue weighted by molar-refractivity contribution is 0.572. The Bertz CT molecular complexity index is 1390. The second kappa shape index (κ2) is 8.41. The molecule has 0 saturated heterocycles. The molecule has 4 aromatic rings. The molecule has 0 aliphatic rings. The molecule has 0 unspecified atom stereocenters. The Morgan fingerprint density at radius 2 is 1.81 bits per heavy atom. The van der Waals surface area contributed by atoms with Gasteiger partial charge in [0, 0.05) is 11.6 Å². The highest BCUT2D eigenvalue weighted by Gasteiger charge is 2.20. The fraction of sp³-hybridized carbons (Fsp3) is 0. The van der Waals surface area contributed by atoms with Gasteiger partial charge in [0.15, 0.2) is 0 Å². The summed E-state index contributed by atoms with van der Waals surface area (Å²) in [5.74, 6) is 1.03. The quantitative estimate of drug-likeness (QED) is 0.390. The number of anilines is 1. The Labute approximate surface area is 188 Å². The van der Waals surface area contributed by atoms with Crippen molar-refractivity contribution >= 4 is 40.7 Å². The third-order valence-electron chi connectivity index (χ3n) is 4.54. The zero-order chi connectivity index (χ0) is 22.0. The Morgan fingerprint density at radius 3 is 2.52 bits per heavy atom. The van der Waals surface area contributed by atoms with Crippen LogP contribution in [0.3, 0.4) is 0 Å². The van der Waals surface area contributed by atoms with Crippen LogP contribution in [0, 0.1) is 22.7 Å². The maximum Gasteiger partial charge on any atom is 0.145 e. The van der Waals surface area contributed by atoms with E-state index < -0.39 is 0 Å². The van der Waals surface area contributed by atoms with Crippen LogP contribution < -0.4 is 5.73 Å². The van der Waals surface area contributed by atoms with Crippen LogP contribution in [-0.2, 0) is 0 Å². The van der Waals surface area contributed by atoms with Crippen molar-refractivity contribution in [1.82, 2.24) is 9.78 Å². The first-order chi connectivity index (χ1) is 15.0. The van der Waals surface area contributed by atoms with Crippen molar-refractivity contribution in [3.8, 4) is 29.1 Å². The lowest BCUT2D eigenvalue weighted by atomic mass is 10.1. The first-order valence-corrected chi connectivity index (χ1v) is 9.79. The van der Waals surface area contributed by atoms with E-state index in [9.17, 15) is 10.5 Å². The van der Waals surface area contributed by atoms with Crippen LogP contribution in [0.1, 0.15) is 17.0 Å². The number of halogens is 2. The fourth-order valence-corrected chi connectivity index (χ4v) is 3.45. The molecule has 2 aromatic carbocycles. The van der Waals surface area contributed by atoms with Gasteiger partial charge < -0.3 is 10.2 Å². The minimum absolute atomic E-state index is 0.112. The van der Waals surface area contributed by atoms with E-state index in [1.807, 2.05) is 24.3 Å². The number of hydrogen-bond donors (Lipinski definition) is 1. The minimum atomic E-state index is 0.112. The number of para-hydroxylation sites is 1. The van der Waals surface area contributed by atoms with Gasteiger partial charge in [-0.15, -0.1) is 0 Å². The topological polar surface area (TPSA) is 105 Å². The summed E-state index contributed by atoms with van der Waals surface area (Å²) in [6, 6.07) is 21.9. The van der Waals surface area contributed by atoms with E-state index in [0.29, 0.717) is 32.8 Å². The summed E-state index contributed by atoms with van der Waals surface area (Å²) in [6.45, 7) is 0. The maximum atomic E-state index is 9.74. The summed E-state index contributed by atoms with van der Waals surface area (Å²) in [7, 11) is 0. The van der Waals surface area contributed by atoms with Crippen molar-refractivity contribution < 1.29 is 4.42 Å². The zero-order valence-electron chi connectivity index (χ0n) is 15.9. The Balaban J connectivity index is 1.77.